The second kappa shape index (κ2) is 8.69. The highest BCUT2D eigenvalue weighted by molar-refractivity contribution is 5.85. The van der Waals surface area contributed by atoms with E-state index in [0.717, 1.165) is 25.5 Å². The maximum Gasteiger partial charge on any atom is 0.223 e. The Bertz CT molecular complexity index is 327. The van der Waals surface area contributed by atoms with Crippen LogP contribution in [0.1, 0.15) is 31.0 Å². The molecule has 1 saturated heterocycles. The number of hydrogen-bond acceptors (Lipinski definition) is 5. The lowest BCUT2D eigenvalue weighted by Crippen LogP contribution is -2.32. The third-order valence-corrected chi connectivity index (χ3v) is 3.13. The molecule has 1 unspecified atom stereocenters. The first kappa shape index (κ1) is 17.6. The summed E-state index contributed by atoms with van der Waals surface area (Å²) in [5.41, 5.74) is 0. The Hall–Kier alpha value is -0.360. The van der Waals surface area contributed by atoms with E-state index in [4.69, 9.17) is 4.52 Å². The van der Waals surface area contributed by atoms with Crippen LogP contribution in [0.4, 0.5) is 0 Å². The summed E-state index contributed by atoms with van der Waals surface area (Å²) in [4.78, 5) is 6.56. The molecule has 2 heterocycles. The SMILES string of the molecule is Cc1nc(CN(C)C2CCCNCC2)no1.Cl.Cl. The number of nitrogens with one attached hydrogen (secondary N) is 1. The molecule has 0 bridgehead atoms. The zero-order valence-electron chi connectivity index (χ0n) is 10.9. The van der Waals surface area contributed by atoms with Crippen molar-refractivity contribution >= 4 is 24.8 Å². The number of nitrogens with zero attached hydrogens (tertiary/aromatic N) is 3. The predicted octanol–water partition coefficient (Wildman–Crippen LogP) is 1.80. The Morgan fingerprint density at radius 2 is 2.11 bits per heavy atom. The molecule has 1 aromatic rings. The molecule has 0 aromatic carbocycles. The first-order chi connectivity index (χ1) is 7.75. The van der Waals surface area contributed by atoms with Crippen LogP contribution in [-0.2, 0) is 6.54 Å². The lowest BCUT2D eigenvalue weighted by molar-refractivity contribution is 0.209. The number of hydrogen-bond donors (Lipinski definition) is 1. The molecule has 2 rings (SSSR count). The van der Waals surface area contributed by atoms with Gasteiger partial charge in [-0.3, -0.25) is 4.90 Å². The molecule has 0 spiro atoms. The Kier molecular flexibility index (Phi) is 8.52. The normalized spacial score (nSPS) is 19.8. The standard InChI is InChI=1S/C11H20N4O.2ClH/c1-9-13-11(14-16-9)8-15(2)10-4-3-6-12-7-5-10;;/h10,12H,3-8H2,1-2H3;2*1H. The monoisotopic (exact) mass is 296 g/mol. The minimum Gasteiger partial charge on any atom is -0.340 e. The first-order valence-corrected chi connectivity index (χ1v) is 5.96. The highest BCUT2D eigenvalue weighted by atomic mass is 35.5. The van der Waals surface area contributed by atoms with Crippen LogP contribution in [0.15, 0.2) is 4.52 Å². The van der Waals surface area contributed by atoms with Crippen LogP contribution in [0, 0.1) is 6.92 Å². The predicted molar refractivity (Wildman–Crippen MR) is 75.5 cm³/mol. The van der Waals surface area contributed by atoms with Gasteiger partial charge in [0.1, 0.15) is 0 Å². The summed E-state index contributed by atoms with van der Waals surface area (Å²) >= 11 is 0. The molecular weight excluding hydrogens is 275 g/mol. The summed E-state index contributed by atoms with van der Waals surface area (Å²) < 4.78 is 4.98. The average Bonchev–Trinajstić information content (AvgIpc) is 2.56. The first-order valence-electron chi connectivity index (χ1n) is 5.96. The molecule has 0 aliphatic carbocycles. The number of halogens is 2. The lowest BCUT2D eigenvalue weighted by atomic mass is 10.1. The zero-order valence-corrected chi connectivity index (χ0v) is 12.5. The van der Waals surface area contributed by atoms with Crippen molar-refractivity contribution in [1.82, 2.24) is 20.4 Å². The molecule has 18 heavy (non-hydrogen) atoms. The van der Waals surface area contributed by atoms with E-state index in [-0.39, 0.29) is 24.8 Å². The van der Waals surface area contributed by atoms with E-state index in [0.29, 0.717) is 11.9 Å². The van der Waals surface area contributed by atoms with Gasteiger partial charge < -0.3 is 9.84 Å². The molecule has 0 saturated carbocycles. The molecule has 7 heteroatoms. The van der Waals surface area contributed by atoms with Gasteiger partial charge in [0, 0.05) is 13.0 Å². The molecule has 106 valence electrons. The summed E-state index contributed by atoms with van der Waals surface area (Å²) in [5, 5.41) is 7.35. The second-order valence-electron chi connectivity index (χ2n) is 4.48. The molecule has 1 N–H and O–H groups in total. The molecule has 0 amide bonds. The van der Waals surface area contributed by atoms with Crippen LogP contribution in [0.3, 0.4) is 0 Å². The van der Waals surface area contributed by atoms with Crippen molar-refractivity contribution in [3.8, 4) is 0 Å². The smallest absolute Gasteiger partial charge is 0.223 e. The van der Waals surface area contributed by atoms with E-state index in [1.165, 1.54) is 19.3 Å². The van der Waals surface area contributed by atoms with Crippen molar-refractivity contribution in [3.63, 3.8) is 0 Å². The molecule has 1 fully saturated rings. The van der Waals surface area contributed by atoms with Crippen molar-refractivity contribution in [2.24, 2.45) is 0 Å². The molecule has 1 atom stereocenters. The molecule has 1 aromatic heterocycles. The fraction of sp³-hybridized carbons (Fsp3) is 0.818. The summed E-state index contributed by atoms with van der Waals surface area (Å²) in [7, 11) is 2.14. The van der Waals surface area contributed by atoms with Crippen LogP contribution in [0.25, 0.3) is 0 Å². The number of aryl methyl sites for hydroxylation is 1. The third-order valence-electron chi connectivity index (χ3n) is 3.13. The highest BCUT2D eigenvalue weighted by Gasteiger charge is 2.18. The van der Waals surface area contributed by atoms with Crippen LogP contribution >= 0.6 is 24.8 Å². The van der Waals surface area contributed by atoms with Gasteiger partial charge in [-0.05, 0) is 39.4 Å². The minimum absolute atomic E-state index is 0. The molecule has 1 aliphatic rings. The van der Waals surface area contributed by atoms with Gasteiger partial charge in [0.05, 0.1) is 6.54 Å². The van der Waals surface area contributed by atoms with Crippen molar-refractivity contribution in [3.05, 3.63) is 11.7 Å². The van der Waals surface area contributed by atoms with Gasteiger partial charge in [-0.25, -0.2) is 0 Å². The van der Waals surface area contributed by atoms with Crippen LogP contribution in [0.2, 0.25) is 0 Å². The molecule has 0 radical (unpaired) electrons. The maximum atomic E-state index is 4.98. The van der Waals surface area contributed by atoms with Gasteiger partial charge >= 0.3 is 0 Å². The van der Waals surface area contributed by atoms with Gasteiger partial charge in [0.25, 0.3) is 0 Å². The Balaban J connectivity index is 0.00000144. The molecule has 1 aliphatic heterocycles. The molecular formula is C11H22Cl2N4O. The van der Waals surface area contributed by atoms with Crippen molar-refractivity contribution in [2.45, 2.75) is 38.8 Å². The lowest BCUT2D eigenvalue weighted by Gasteiger charge is -2.25. The third kappa shape index (κ3) is 5.10. The van der Waals surface area contributed by atoms with Gasteiger partial charge in [0.2, 0.25) is 5.89 Å². The van der Waals surface area contributed by atoms with E-state index in [9.17, 15) is 0 Å². The zero-order chi connectivity index (χ0) is 11.4. The van der Waals surface area contributed by atoms with Crippen molar-refractivity contribution in [1.29, 1.82) is 0 Å². The summed E-state index contributed by atoms with van der Waals surface area (Å²) in [6, 6.07) is 0.633. The van der Waals surface area contributed by atoms with Crippen LogP contribution in [-0.4, -0.2) is 41.2 Å². The Morgan fingerprint density at radius 3 is 2.78 bits per heavy atom. The van der Waals surface area contributed by atoms with Gasteiger partial charge in [-0.1, -0.05) is 5.16 Å². The molecule has 5 nitrogen and oxygen atoms in total. The fourth-order valence-electron chi connectivity index (χ4n) is 2.20. The van der Waals surface area contributed by atoms with E-state index in [1.54, 1.807) is 0 Å². The summed E-state index contributed by atoms with van der Waals surface area (Å²) in [6.07, 6.45) is 3.70. The second-order valence-corrected chi connectivity index (χ2v) is 4.48. The van der Waals surface area contributed by atoms with Crippen molar-refractivity contribution in [2.75, 3.05) is 20.1 Å². The number of aromatic nitrogens is 2. The fourth-order valence-corrected chi connectivity index (χ4v) is 2.20. The number of rotatable bonds is 3. The maximum absolute atomic E-state index is 4.98. The van der Waals surface area contributed by atoms with Crippen LogP contribution < -0.4 is 5.32 Å². The van der Waals surface area contributed by atoms with E-state index < -0.39 is 0 Å². The topological polar surface area (TPSA) is 54.2 Å². The van der Waals surface area contributed by atoms with Crippen LogP contribution in [0.5, 0.6) is 0 Å². The highest BCUT2D eigenvalue weighted by Crippen LogP contribution is 2.13. The average molecular weight is 297 g/mol. The Labute approximate surface area is 121 Å². The van der Waals surface area contributed by atoms with Gasteiger partial charge in [-0.15, -0.1) is 24.8 Å². The quantitative estimate of drug-likeness (QED) is 0.922. The van der Waals surface area contributed by atoms with E-state index in [2.05, 4.69) is 27.4 Å². The van der Waals surface area contributed by atoms with E-state index in [1.807, 2.05) is 6.92 Å². The minimum atomic E-state index is 0. The van der Waals surface area contributed by atoms with E-state index >= 15 is 0 Å². The summed E-state index contributed by atoms with van der Waals surface area (Å²) in [5.74, 6) is 1.43. The largest absolute Gasteiger partial charge is 0.340 e. The van der Waals surface area contributed by atoms with Crippen molar-refractivity contribution < 1.29 is 4.52 Å². The van der Waals surface area contributed by atoms with Gasteiger partial charge in [0.15, 0.2) is 5.82 Å². The van der Waals surface area contributed by atoms with Gasteiger partial charge in [-0.2, -0.15) is 4.98 Å². The summed E-state index contributed by atoms with van der Waals surface area (Å²) in [6.45, 7) is 4.86. The Morgan fingerprint density at radius 1 is 1.33 bits per heavy atom.